The smallest absolute Gasteiger partial charge is 0.119 e. The molecule has 0 bridgehead atoms. The molecular weight excluding hydrogens is 208 g/mol. The van der Waals surface area contributed by atoms with Crippen LogP contribution in [0.2, 0.25) is 0 Å². The Morgan fingerprint density at radius 2 is 1.53 bits per heavy atom. The predicted molar refractivity (Wildman–Crippen MR) is 74.5 cm³/mol. The summed E-state index contributed by atoms with van der Waals surface area (Å²) < 4.78 is 0. The number of allylic oxidation sites excluding steroid dienone is 8. The first-order valence-electron chi connectivity index (χ1n) is 5.96. The normalized spacial score (nSPS) is 11.6. The third-order valence-corrected chi connectivity index (χ3v) is 1.94. The zero-order chi connectivity index (χ0) is 12.6. The van der Waals surface area contributed by atoms with Gasteiger partial charge in [0, 0.05) is 6.42 Å². The molecule has 0 aromatic rings. The van der Waals surface area contributed by atoms with Crippen LogP contribution in [0.3, 0.4) is 0 Å². The van der Waals surface area contributed by atoms with Crippen molar-refractivity contribution in [1.29, 1.82) is 0 Å². The van der Waals surface area contributed by atoms with Crippen molar-refractivity contribution in [2.75, 3.05) is 0 Å². The van der Waals surface area contributed by atoms with Gasteiger partial charge in [0.1, 0.15) is 6.29 Å². The standard InChI is InChI=1S/C16H20O/c1-2-3-4-5-6-7-8-9-10-11-12-13-14-15-16-17/h2-5,8-11,16H,12-15H2,1H3. The molecule has 17 heavy (non-hydrogen) atoms. The first-order chi connectivity index (χ1) is 8.41. The van der Waals surface area contributed by atoms with Crippen LogP contribution in [0.25, 0.3) is 0 Å². The quantitative estimate of drug-likeness (QED) is 0.279. The number of hydrogen-bond donors (Lipinski definition) is 0. The number of unbranched alkanes of at least 4 members (excludes halogenated alkanes) is 3. The van der Waals surface area contributed by atoms with Crippen molar-refractivity contribution in [2.24, 2.45) is 0 Å². The largest absolute Gasteiger partial charge is 0.303 e. The third-order valence-electron chi connectivity index (χ3n) is 1.94. The summed E-state index contributed by atoms with van der Waals surface area (Å²) in [6, 6.07) is 0. The van der Waals surface area contributed by atoms with Crippen LogP contribution in [0.5, 0.6) is 0 Å². The third kappa shape index (κ3) is 14.2. The van der Waals surface area contributed by atoms with E-state index in [4.69, 9.17) is 0 Å². The molecule has 0 heterocycles. The number of carbonyl (C=O) groups excluding carboxylic acids is 1. The molecule has 0 spiro atoms. The van der Waals surface area contributed by atoms with E-state index >= 15 is 0 Å². The highest BCUT2D eigenvalue weighted by atomic mass is 16.1. The Balaban J connectivity index is 3.58. The van der Waals surface area contributed by atoms with E-state index < -0.39 is 0 Å². The maximum Gasteiger partial charge on any atom is 0.119 e. The van der Waals surface area contributed by atoms with Crippen LogP contribution in [0, 0.1) is 11.8 Å². The molecule has 0 saturated carbocycles. The van der Waals surface area contributed by atoms with E-state index in [1.807, 2.05) is 49.5 Å². The second kappa shape index (κ2) is 14.2. The summed E-state index contributed by atoms with van der Waals surface area (Å²) in [5.41, 5.74) is 0. The summed E-state index contributed by atoms with van der Waals surface area (Å²) in [6.07, 6.45) is 20.2. The van der Waals surface area contributed by atoms with Crippen LogP contribution in [0.1, 0.15) is 32.6 Å². The SMILES string of the molecule is CC=CC=CC#CC=CC=CCCCCC=O. The fourth-order valence-electron chi connectivity index (χ4n) is 1.08. The highest BCUT2D eigenvalue weighted by Crippen LogP contribution is 1.98. The van der Waals surface area contributed by atoms with E-state index in [0.29, 0.717) is 6.42 Å². The van der Waals surface area contributed by atoms with Crippen molar-refractivity contribution >= 4 is 6.29 Å². The first kappa shape index (κ1) is 15.2. The minimum absolute atomic E-state index is 0.674. The van der Waals surface area contributed by atoms with Crippen molar-refractivity contribution in [3.05, 3.63) is 48.6 Å². The Kier molecular flexibility index (Phi) is 12.7. The lowest BCUT2D eigenvalue weighted by Gasteiger charge is -1.88. The van der Waals surface area contributed by atoms with Gasteiger partial charge in [0.05, 0.1) is 0 Å². The Morgan fingerprint density at radius 1 is 0.882 bits per heavy atom. The van der Waals surface area contributed by atoms with Crippen molar-refractivity contribution < 1.29 is 4.79 Å². The van der Waals surface area contributed by atoms with Crippen LogP contribution in [-0.4, -0.2) is 6.29 Å². The van der Waals surface area contributed by atoms with Crippen molar-refractivity contribution in [3.63, 3.8) is 0 Å². The van der Waals surface area contributed by atoms with Gasteiger partial charge in [-0.1, -0.05) is 48.3 Å². The van der Waals surface area contributed by atoms with E-state index in [-0.39, 0.29) is 0 Å². The van der Waals surface area contributed by atoms with Gasteiger partial charge in [-0.05, 0) is 38.3 Å². The van der Waals surface area contributed by atoms with Crippen LogP contribution in [-0.2, 0) is 4.79 Å². The van der Waals surface area contributed by atoms with Gasteiger partial charge in [0.2, 0.25) is 0 Å². The molecule has 0 aliphatic carbocycles. The highest BCUT2D eigenvalue weighted by Gasteiger charge is 1.82. The molecule has 0 rings (SSSR count). The molecular formula is C16H20O. The summed E-state index contributed by atoms with van der Waals surface area (Å²) in [7, 11) is 0. The van der Waals surface area contributed by atoms with Gasteiger partial charge < -0.3 is 4.79 Å². The molecule has 1 nitrogen and oxygen atoms in total. The maximum atomic E-state index is 10.1. The summed E-state index contributed by atoms with van der Waals surface area (Å²) in [6.45, 7) is 1.97. The lowest BCUT2D eigenvalue weighted by Crippen LogP contribution is -1.75. The molecule has 0 aromatic heterocycles. The first-order valence-corrected chi connectivity index (χ1v) is 5.96. The Labute approximate surface area is 105 Å². The molecule has 0 saturated heterocycles. The Bertz CT molecular complexity index is 345. The molecule has 0 atom stereocenters. The minimum Gasteiger partial charge on any atom is -0.303 e. The molecule has 0 amide bonds. The van der Waals surface area contributed by atoms with Gasteiger partial charge in [0.25, 0.3) is 0 Å². The minimum atomic E-state index is 0.674. The molecule has 0 aromatic carbocycles. The van der Waals surface area contributed by atoms with Crippen molar-refractivity contribution in [2.45, 2.75) is 32.6 Å². The fourth-order valence-corrected chi connectivity index (χ4v) is 1.08. The molecule has 0 fully saturated rings. The van der Waals surface area contributed by atoms with Gasteiger partial charge >= 0.3 is 0 Å². The molecule has 0 aliphatic heterocycles. The molecule has 1 heteroatoms. The summed E-state index contributed by atoms with van der Waals surface area (Å²) in [5.74, 6) is 5.80. The number of rotatable bonds is 7. The maximum absolute atomic E-state index is 10.1. The lowest BCUT2D eigenvalue weighted by molar-refractivity contribution is -0.107. The molecule has 0 radical (unpaired) electrons. The monoisotopic (exact) mass is 228 g/mol. The van der Waals surface area contributed by atoms with E-state index in [1.165, 1.54) is 0 Å². The van der Waals surface area contributed by atoms with Gasteiger partial charge in [-0.15, -0.1) is 0 Å². The number of hydrogen-bond acceptors (Lipinski definition) is 1. The van der Waals surface area contributed by atoms with Gasteiger partial charge in [-0.3, -0.25) is 0 Å². The summed E-state index contributed by atoms with van der Waals surface area (Å²) in [4.78, 5) is 10.1. The second-order valence-corrected chi connectivity index (χ2v) is 3.41. The van der Waals surface area contributed by atoms with Crippen LogP contribution >= 0.6 is 0 Å². The van der Waals surface area contributed by atoms with E-state index in [0.717, 1.165) is 25.5 Å². The van der Waals surface area contributed by atoms with Crippen molar-refractivity contribution in [1.82, 2.24) is 0 Å². The van der Waals surface area contributed by atoms with Crippen molar-refractivity contribution in [3.8, 4) is 11.8 Å². The van der Waals surface area contributed by atoms with E-state index in [2.05, 4.69) is 17.9 Å². The average molecular weight is 228 g/mol. The van der Waals surface area contributed by atoms with Crippen LogP contribution in [0.15, 0.2) is 48.6 Å². The predicted octanol–water partition coefficient (Wildman–Crippen LogP) is 3.99. The summed E-state index contributed by atoms with van der Waals surface area (Å²) in [5, 5.41) is 0. The molecule has 90 valence electrons. The van der Waals surface area contributed by atoms with E-state index in [1.54, 1.807) is 0 Å². The molecule has 0 N–H and O–H groups in total. The Hall–Kier alpha value is -1.81. The average Bonchev–Trinajstić information content (AvgIpc) is 2.35. The van der Waals surface area contributed by atoms with Gasteiger partial charge in [-0.25, -0.2) is 0 Å². The van der Waals surface area contributed by atoms with Crippen LogP contribution in [0.4, 0.5) is 0 Å². The lowest BCUT2D eigenvalue weighted by atomic mass is 10.2. The van der Waals surface area contributed by atoms with Crippen LogP contribution < -0.4 is 0 Å². The van der Waals surface area contributed by atoms with Gasteiger partial charge in [0.15, 0.2) is 0 Å². The summed E-state index contributed by atoms with van der Waals surface area (Å²) >= 11 is 0. The highest BCUT2D eigenvalue weighted by molar-refractivity contribution is 5.48. The zero-order valence-corrected chi connectivity index (χ0v) is 10.4. The number of carbonyl (C=O) groups is 1. The molecule has 0 unspecified atom stereocenters. The van der Waals surface area contributed by atoms with E-state index in [9.17, 15) is 4.79 Å². The molecule has 0 aliphatic rings. The number of aldehydes is 1. The topological polar surface area (TPSA) is 17.1 Å². The Morgan fingerprint density at radius 3 is 2.18 bits per heavy atom. The fraction of sp³-hybridized carbons (Fsp3) is 0.312. The second-order valence-electron chi connectivity index (χ2n) is 3.41. The van der Waals surface area contributed by atoms with Gasteiger partial charge in [-0.2, -0.15) is 0 Å². The zero-order valence-electron chi connectivity index (χ0n) is 10.4.